The van der Waals surface area contributed by atoms with Gasteiger partial charge in [0, 0.05) is 30.6 Å². The number of methoxy groups -OCH3 is 1. The molecule has 0 spiro atoms. The van der Waals surface area contributed by atoms with E-state index in [0.717, 1.165) is 11.3 Å². The van der Waals surface area contributed by atoms with Gasteiger partial charge >= 0.3 is 5.97 Å². The number of anilines is 1. The number of rotatable bonds is 4. The Kier molecular flexibility index (Phi) is 5.24. The molecule has 1 atom stereocenters. The van der Waals surface area contributed by atoms with Crippen LogP contribution in [0.15, 0.2) is 24.3 Å². The van der Waals surface area contributed by atoms with E-state index in [9.17, 15) is 14.4 Å². The van der Waals surface area contributed by atoms with Crippen molar-refractivity contribution in [3.05, 3.63) is 35.0 Å². The van der Waals surface area contributed by atoms with Crippen molar-refractivity contribution in [1.82, 2.24) is 9.88 Å². The largest absolute Gasteiger partial charge is 0.464 e. The highest BCUT2D eigenvalue weighted by molar-refractivity contribution is 7.19. The quantitative estimate of drug-likeness (QED) is 0.807. The number of nitrogens with one attached hydrogen (secondary N) is 1. The van der Waals surface area contributed by atoms with Crippen molar-refractivity contribution in [3.63, 3.8) is 0 Å². The molecular weight excluding hydrogens is 378 g/mol. The molecule has 1 aliphatic rings. The third-order valence-electron chi connectivity index (χ3n) is 4.07. The summed E-state index contributed by atoms with van der Waals surface area (Å²) in [5.41, 5.74) is 0.712. The predicted molar refractivity (Wildman–Crippen MR) is 98.3 cm³/mol. The molecule has 1 fully saturated rings. The summed E-state index contributed by atoms with van der Waals surface area (Å²) in [5, 5.41) is 3.41. The second kappa shape index (κ2) is 7.43. The Hall–Kier alpha value is -2.45. The van der Waals surface area contributed by atoms with E-state index in [1.54, 1.807) is 31.3 Å². The minimum absolute atomic E-state index is 0.0729. The molecule has 2 aromatic rings. The molecule has 1 saturated heterocycles. The van der Waals surface area contributed by atoms with Gasteiger partial charge in [0.25, 0.3) is 0 Å². The minimum atomic E-state index is -0.618. The van der Waals surface area contributed by atoms with Crippen LogP contribution < -0.4 is 5.32 Å². The number of nitrogens with zero attached hydrogens (tertiary/aromatic N) is 2. The molecule has 3 rings (SSSR count). The molecule has 7 nitrogen and oxygen atoms in total. The lowest BCUT2D eigenvalue weighted by Crippen LogP contribution is -2.25. The SMILES string of the molecule is COC(=O)c1nc(NC(=O)[C@H]2CC(=O)N(C)C2)sc1-c1ccccc1Cl. The molecule has 0 bridgehead atoms. The number of likely N-dealkylation sites (tertiary alicyclic amines) is 1. The number of carbonyl (C=O) groups excluding carboxylic acids is 3. The lowest BCUT2D eigenvalue weighted by molar-refractivity contribution is -0.127. The van der Waals surface area contributed by atoms with E-state index in [2.05, 4.69) is 10.3 Å². The fraction of sp³-hybridized carbons (Fsp3) is 0.294. The Labute approximate surface area is 158 Å². The second-order valence-electron chi connectivity index (χ2n) is 5.83. The number of hydrogen-bond acceptors (Lipinski definition) is 6. The third kappa shape index (κ3) is 3.56. The number of halogens is 1. The van der Waals surface area contributed by atoms with Crippen LogP contribution in [0.2, 0.25) is 5.02 Å². The van der Waals surface area contributed by atoms with Crippen molar-refractivity contribution in [2.24, 2.45) is 5.92 Å². The first-order valence-corrected chi connectivity index (χ1v) is 8.99. The Bertz CT molecular complexity index is 883. The maximum Gasteiger partial charge on any atom is 0.358 e. The minimum Gasteiger partial charge on any atom is -0.464 e. The fourth-order valence-electron chi connectivity index (χ4n) is 2.68. The summed E-state index contributed by atoms with van der Waals surface area (Å²) in [7, 11) is 2.92. The van der Waals surface area contributed by atoms with E-state index < -0.39 is 11.9 Å². The normalized spacial score (nSPS) is 16.7. The van der Waals surface area contributed by atoms with Crippen LogP contribution in [0.1, 0.15) is 16.9 Å². The first-order valence-electron chi connectivity index (χ1n) is 7.79. The highest BCUT2D eigenvalue weighted by atomic mass is 35.5. The van der Waals surface area contributed by atoms with Crippen LogP contribution in [0.25, 0.3) is 10.4 Å². The van der Waals surface area contributed by atoms with Crippen molar-refractivity contribution in [2.75, 3.05) is 26.0 Å². The zero-order valence-electron chi connectivity index (χ0n) is 14.1. The molecule has 9 heteroatoms. The molecule has 1 aromatic carbocycles. The molecule has 1 N–H and O–H groups in total. The highest BCUT2D eigenvalue weighted by Gasteiger charge is 2.33. The van der Waals surface area contributed by atoms with Crippen LogP contribution in [-0.2, 0) is 14.3 Å². The third-order valence-corrected chi connectivity index (χ3v) is 5.40. The molecule has 0 unspecified atom stereocenters. The summed E-state index contributed by atoms with van der Waals surface area (Å²) >= 11 is 7.36. The number of ether oxygens (including phenoxy) is 1. The monoisotopic (exact) mass is 393 g/mol. The number of thiazole rings is 1. The maximum atomic E-state index is 12.4. The van der Waals surface area contributed by atoms with E-state index in [1.807, 2.05) is 0 Å². The number of amides is 2. The van der Waals surface area contributed by atoms with Gasteiger partial charge in [0.15, 0.2) is 10.8 Å². The number of hydrogen-bond donors (Lipinski definition) is 1. The first kappa shape index (κ1) is 18.3. The van der Waals surface area contributed by atoms with Crippen molar-refractivity contribution in [3.8, 4) is 10.4 Å². The van der Waals surface area contributed by atoms with E-state index in [-0.39, 0.29) is 29.1 Å². The molecule has 0 saturated carbocycles. The standard InChI is InChI=1S/C17H16ClN3O4S/c1-21-8-9(7-12(21)22)15(23)20-17-19-13(16(24)25-2)14(26-17)10-5-3-4-6-11(10)18/h3-6,9H,7-8H2,1-2H3,(H,19,20,23)/t9-/m0/s1. The van der Waals surface area contributed by atoms with Gasteiger partial charge in [-0.3, -0.25) is 9.59 Å². The molecule has 136 valence electrons. The number of esters is 1. The highest BCUT2D eigenvalue weighted by Crippen LogP contribution is 2.37. The van der Waals surface area contributed by atoms with Crippen LogP contribution in [-0.4, -0.2) is 48.4 Å². The molecule has 2 amide bonds. The van der Waals surface area contributed by atoms with Crippen LogP contribution in [0.3, 0.4) is 0 Å². The van der Waals surface area contributed by atoms with Crippen LogP contribution in [0.5, 0.6) is 0 Å². The van der Waals surface area contributed by atoms with Crippen molar-refractivity contribution < 1.29 is 19.1 Å². The maximum absolute atomic E-state index is 12.4. The van der Waals surface area contributed by atoms with Crippen LogP contribution >= 0.6 is 22.9 Å². The van der Waals surface area contributed by atoms with Gasteiger partial charge in [-0.15, -0.1) is 0 Å². The summed E-state index contributed by atoms with van der Waals surface area (Å²) in [6.07, 6.45) is 0.162. The molecule has 1 aliphatic heterocycles. The van der Waals surface area contributed by atoms with Gasteiger partial charge in [0.05, 0.1) is 17.9 Å². The molecule has 0 radical (unpaired) electrons. The topological polar surface area (TPSA) is 88.6 Å². The molecule has 26 heavy (non-hydrogen) atoms. The summed E-state index contributed by atoms with van der Waals surface area (Å²) < 4.78 is 4.78. The summed E-state index contributed by atoms with van der Waals surface area (Å²) in [4.78, 5) is 42.3. The van der Waals surface area contributed by atoms with Gasteiger partial charge in [0.2, 0.25) is 11.8 Å². The summed E-state index contributed by atoms with van der Waals surface area (Å²) in [6, 6.07) is 7.04. The Morgan fingerprint density at radius 2 is 2.12 bits per heavy atom. The average molecular weight is 394 g/mol. The van der Waals surface area contributed by atoms with Crippen molar-refractivity contribution in [1.29, 1.82) is 0 Å². The Morgan fingerprint density at radius 3 is 2.73 bits per heavy atom. The van der Waals surface area contributed by atoms with E-state index in [0.29, 0.717) is 22.0 Å². The smallest absolute Gasteiger partial charge is 0.358 e. The zero-order valence-corrected chi connectivity index (χ0v) is 15.7. The van der Waals surface area contributed by atoms with Crippen molar-refractivity contribution >= 4 is 45.9 Å². The van der Waals surface area contributed by atoms with Gasteiger partial charge in [0.1, 0.15) is 0 Å². The Balaban J connectivity index is 1.89. The van der Waals surface area contributed by atoms with E-state index >= 15 is 0 Å². The predicted octanol–water partition coefficient (Wildman–Crippen LogP) is 2.67. The lowest BCUT2D eigenvalue weighted by atomic mass is 10.1. The van der Waals surface area contributed by atoms with Gasteiger partial charge in [-0.1, -0.05) is 41.1 Å². The van der Waals surface area contributed by atoms with Crippen LogP contribution in [0.4, 0.5) is 5.13 Å². The molecule has 0 aliphatic carbocycles. The second-order valence-corrected chi connectivity index (χ2v) is 7.24. The van der Waals surface area contributed by atoms with Gasteiger partial charge < -0.3 is 15.0 Å². The van der Waals surface area contributed by atoms with Gasteiger partial charge in [-0.2, -0.15) is 0 Å². The molecular formula is C17H16ClN3O4S. The van der Waals surface area contributed by atoms with E-state index in [1.165, 1.54) is 12.0 Å². The molecule has 1 aromatic heterocycles. The summed E-state index contributed by atoms with van der Waals surface area (Å²) in [5.74, 6) is -1.44. The summed E-state index contributed by atoms with van der Waals surface area (Å²) in [6.45, 7) is 0.358. The zero-order chi connectivity index (χ0) is 18.8. The van der Waals surface area contributed by atoms with Gasteiger partial charge in [-0.25, -0.2) is 9.78 Å². The fourth-order valence-corrected chi connectivity index (χ4v) is 3.96. The van der Waals surface area contributed by atoms with E-state index in [4.69, 9.17) is 16.3 Å². The number of benzene rings is 1. The van der Waals surface area contributed by atoms with Crippen molar-refractivity contribution in [2.45, 2.75) is 6.42 Å². The molecule has 2 heterocycles. The first-order chi connectivity index (χ1) is 12.4. The van der Waals surface area contributed by atoms with Gasteiger partial charge in [-0.05, 0) is 6.07 Å². The number of carbonyl (C=O) groups is 3. The lowest BCUT2D eigenvalue weighted by Gasteiger charge is -2.09. The average Bonchev–Trinajstić information content (AvgIpc) is 3.18. The number of aromatic nitrogens is 1. The Morgan fingerprint density at radius 1 is 1.38 bits per heavy atom. The van der Waals surface area contributed by atoms with Crippen LogP contribution in [0, 0.1) is 5.92 Å².